The van der Waals surface area contributed by atoms with Crippen LogP contribution in [-0.2, 0) is 11.3 Å². The van der Waals surface area contributed by atoms with Gasteiger partial charge in [0.05, 0.1) is 5.41 Å². The molecule has 0 bridgehead atoms. The molecule has 94 valence electrons. The van der Waals surface area contributed by atoms with Crippen molar-refractivity contribution in [1.29, 1.82) is 0 Å². The van der Waals surface area contributed by atoms with Crippen molar-refractivity contribution in [3.8, 4) is 0 Å². The van der Waals surface area contributed by atoms with Gasteiger partial charge in [-0.25, -0.2) is 0 Å². The van der Waals surface area contributed by atoms with Gasteiger partial charge in [0.15, 0.2) is 5.16 Å². The third-order valence-electron chi connectivity index (χ3n) is 2.65. The van der Waals surface area contributed by atoms with E-state index in [1.807, 2.05) is 4.57 Å². The third kappa shape index (κ3) is 2.57. The zero-order valence-electron chi connectivity index (χ0n) is 9.86. The second kappa shape index (κ2) is 4.86. The molecule has 0 aliphatic carbocycles. The van der Waals surface area contributed by atoms with Crippen LogP contribution in [0.15, 0.2) is 5.16 Å². The molecule has 2 heterocycles. The molecule has 1 aliphatic heterocycles. The van der Waals surface area contributed by atoms with Gasteiger partial charge in [-0.1, -0.05) is 11.8 Å². The van der Waals surface area contributed by atoms with Gasteiger partial charge < -0.3 is 0 Å². The van der Waals surface area contributed by atoms with E-state index < -0.39 is 5.41 Å². The summed E-state index contributed by atoms with van der Waals surface area (Å²) in [4.78, 5) is 12.0. The summed E-state index contributed by atoms with van der Waals surface area (Å²) in [5, 5.41) is 11.7. The first-order chi connectivity index (χ1) is 8.04. The Morgan fingerprint density at radius 3 is 3.06 bits per heavy atom. The second-order valence-electron chi connectivity index (χ2n) is 4.63. The van der Waals surface area contributed by atoms with Crippen LogP contribution in [0.3, 0.4) is 0 Å². The number of nitrogens with one attached hydrogen (secondary N) is 1. The van der Waals surface area contributed by atoms with E-state index in [2.05, 4.69) is 15.5 Å². The van der Waals surface area contributed by atoms with Crippen LogP contribution in [0.25, 0.3) is 0 Å². The number of carbonyl (C=O) groups excluding carboxylic acids is 1. The SMILES string of the molecule is CC(C)(CCl)C(=O)Nc1nnc2n1CCCS2. The molecule has 0 radical (unpaired) electrons. The molecule has 0 atom stereocenters. The first-order valence-electron chi connectivity index (χ1n) is 5.48. The fraction of sp³-hybridized carbons (Fsp3) is 0.700. The largest absolute Gasteiger partial charge is 0.294 e. The van der Waals surface area contributed by atoms with Crippen molar-refractivity contribution in [2.45, 2.75) is 32.0 Å². The van der Waals surface area contributed by atoms with Gasteiger partial charge in [0.1, 0.15) is 0 Å². The highest BCUT2D eigenvalue weighted by molar-refractivity contribution is 7.99. The highest BCUT2D eigenvalue weighted by atomic mass is 35.5. The first-order valence-corrected chi connectivity index (χ1v) is 7.00. The Kier molecular flexibility index (Phi) is 3.63. The highest BCUT2D eigenvalue weighted by Crippen LogP contribution is 2.26. The summed E-state index contributed by atoms with van der Waals surface area (Å²) in [7, 11) is 0. The van der Waals surface area contributed by atoms with Gasteiger partial charge in [-0.15, -0.1) is 21.8 Å². The Balaban J connectivity index is 2.14. The number of amides is 1. The lowest BCUT2D eigenvalue weighted by Crippen LogP contribution is -2.33. The molecular weight excluding hydrogens is 260 g/mol. The van der Waals surface area contributed by atoms with Gasteiger partial charge in [-0.2, -0.15) is 0 Å². The van der Waals surface area contributed by atoms with Crippen molar-refractivity contribution >= 4 is 35.2 Å². The normalized spacial score (nSPS) is 15.5. The fourth-order valence-corrected chi connectivity index (χ4v) is 2.42. The van der Waals surface area contributed by atoms with Gasteiger partial charge in [-0.3, -0.25) is 14.7 Å². The number of carbonyl (C=O) groups is 1. The molecule has 0 saturated heterocycles. The Bertz CT molecular complexity index is 432. The number of alkyl halides is 1. The van der Waals surface area contributed by atoms with Crippen LogP contribution < -0.4 is 5.32 Å². The number of aromatic nitrogens is 3. The van der Waals surface area contributed by atoms with Gasteiger partial charge in [0.2, 0.25) is 11.9 Å². The lowest BCUT2D eigenvalue weighted by atomic mass is 9.95. The number of hydrogen-bond acceptors (Lipinski definition) is 4. The molecule has 17 heavy (non-hydrogen) atoms. The molecule has 0 aromatic carbocycles. The molecule has 1 aromatic rings. The number of halogens is 1. The molecule has 0 unspecified atom stereocenters. The summed E-state index contributed by atoms with van der Waals surface area (Å²) in [5.74, 6) is 1.72. The maximum atomic E-state index is 12.0. The Hall–Kier alpha value is -0.750. The monoisotopic (exact) mass is 274 g/mol. The van der Waals surface area contributed by atoms with E-state index in [-0.39, 0.29) is 11.8 Å². The Morgan fingerprint density at radius 1 is 1.59 bits per heavy atom. The predicted molar refractivity (Wildman–Crippen MR) is 68.5 cm³/mol. The van der Waals surface area contributed by atoms with Crippen molar-refractivity contribution in [2.75, 3.05) is 16.9 Å². The van der Waals surface area contributed by atoms with Crippen LogP contribution in [-0.4, -0.2) is 32.3 Å². The van der Waals surface area contributed by atoms with E-state index in [0.29, 0.717) is 5.95 Å². The summed E-state index contributed by atoms with van der Waals surface area (Å²) < 4.78 is 1.94. The van der Waals surface area contributed by atoms with Crippen LogP contribution in [0, 0.1) is 5.41 Å². The van der Waals surface area contributed by atoms with Gasteiger partial charge >= 0.3 is 0 Å². The molecule has 0 spiro atoms. The Morgan fingerprint density at radius 2 is 2.35 bits per heavy atom. The maximum absolute atomic E-state index is 12.0. The van der Waals surface area contributed by atoms with Crippen molar-refractivity contribution in [1.82, 2.24) is 14.8 Å². The molecule has 7 heteroatoms. The molecule has 1 amide bonds. The summed E-state index contributed by atoms with van der Waals surface area (Å²) in [5.41, 5.74) is -0.601. The number of rotatable bonds is 3. The zero-order valence-corrected chi connectivity index (χ0v) is 11.4. The van der Waals surface area contributed by atoms with E-state index in [0.717, 1.165) is 23.9 Å². The summed E-state index contributed by atoms with van der Waals surface area (Å²) in [6.45, 7) is 4.46. The predicted octanol–water partition coefficient (Wildman–Crippen LogP) is 1.98. The number of hydrogen-bond donors (Lipinski definition) is 1. The van der Waals surface area contributed by atoms with E-state index in [1.165, 1.54) is 0 Å². The van der Waals surface area contributed by atoms with Gasteiger partial charge in [0, 0.05) is 18.2 Å². The van der Waals surface area contributed by atoms with Crippen LogP contribution in [0.5, 0.6) is 0 Å². The van der Waals surface area contributed by atoms with Gasteiger partial charge in [-0.05, 0) is 20.3 Å². The molecule has 2 rings (SSSR count). The topological polar surface area (TPSA) is 59.8 Å². The minimum atomic E-state index is -0.601. The third-order valence-corrected chi connectivity index (χ3v) is 4.37. The molecule has 1 aliphatic rings. The van der Waals surface area contributed by atoms with Crippen LogP contribution >= 0.6 is 23.4 Å². The zero-order chi connectivity index (χ0) is 12.5. The van der Waals surface area contributed by atoms with Crippen LogP contribution in [0.4, 0.5) is 5.95 Å². The minimum Gasteiger partial charge on any atom is -0.294 e. The number of thioether (sulfide) groups is 1. The smallest absolute Gasteiger partial charge is 0.233 e. The summed E-state index contributed by atoms with van der Waals surface area (Å²) >= 11 is 7.43. The van der Waals surface area contributed by atoms with E-state index in [1.54, 1.807) is 25.6 Å². The average Bonchev–Trinajstić information content (AvgIpc) is 2.73. The van der Waals surface area contributed by atoms with Crippen LogP contribution in [0.1, 0.15) is 20.3 Å². The van der Waals surface area contributed by atoms with Crippen molar-refractivity contribution in [3.63, 3.8) is 0 Å². The second-order valence-corrected chi connectivity index (χ2v) is 5.96. The number of nitrogens with zero attached hydrogens (tertiary/aromatic N) is 3. The summed E-state index contributed by atoms with van der Waals surface area (Å²) in [6.07, 6.45) is 1.07. The van der Waals surface area contributed by atoms with E-state index in [4.69, 9.17) is 11.6 Å². The Labute approximate surface area is 109 Å². The lowest BCUT2D eigenvalue weighted by Gasteiger charge is -2.21. The fourth-order valence-electron chi connectivity index (χ4n) is 1.41. The maximum Gasteiger partial charge on any atom is 0.233 e. The molecule has 5 nitrogen and oxygen atoms in total. The van der Waals surface area contributed by atoms with Crippen molar-refractivity contribution < 1.29 is 4.79 Å². The molecular formula is C10H15ClN4OS. The molecule has 1 aromatic heterocycles. The molecule has 0 fully saturated rings. The highest BCUT2D eigenvalue weighted by Gasteiger charge is 2.28. The van der Waals surface area contributed by atoms with Crippen molar-refractivity contribution in [2.24, 2.45) is 5.41 Å². The standard InChI is InChI=1S/C10H15ClN4OS/c1-10(2,6-11)7(16)12-8-13-14-9-15(8)4-3-5-17-9/h3-6H2,1-2H3,(H,12,13,16). The molecule has 1 N–H and O–H groups in total. The summed E-state index contributed by atoms with van der Waals surface area (Å²) in [6, 6.07) is 0. The van der Waals surface area contributed by atoms with E-state index in [9.17, 15) is 4.79 Å². The number of anilines is 1. The quantitative estimate of drug-likeness (QED) is 0.856. The molecule has 0 saturated carbocycles. The minimum absolute atomic E-state index is 0.127. The first kappa shape index (κ1) is 12.7. The number of fused-ring (bicyclic) bond motifs is 1. The average molecular weight is 275 g/mol. The van der Waals surface area contributed by atoms with E-state index >= 15 is 0 Å². The van der Waals surface area contributed by atoms with Crippen LogP contribution in [0.2, 0.25) is 0 Å². The van der Waals surface area contributed by atoms with Crippen molar-refractivity contribution in [3.05, 3.63) is 0 Å². The van der Waals surface area contributed by atoms with Gasteiger partial charge in [0.25, 0.3) is 0 Å². The lowest BCUT2D eigenvalue weighted by molar-refractivity contribution is -0.123.